The molecule has 12 nitrogen and oxygen atoms in total. The number of amides is 2. The summed E-state index contributed by atoms with van der Waals surface area (Å²) in [6.45, 7) is 8.32. The van der Waals surface area contributed by atoms with Gasteiger partial charge in [-0.05, 0) is 76.5 Å². The zero-order chi connectivity index (χ0) is 33.5. The zero-order valence-electron chi connectivity index (χ0n) is 28.6. The second-order valence-corrected chi connectivity index (χ2v) is 15.5. The lowest BCUT2D eigenvalue weighted by molar-refractivity contribution is -0.134. The molecule has 7 aliphatic rings. The molecule has 1 atom stereocenters. The summed E-state index contributed by atoms with van der Waals surface area (Å²) in [4.78, 5) is 52.2. The minimum Gasteiger partial charge on any atom is -0.475 e. The average molecular weight is 662 g/mol. The fourth-order valence-corrected chi connectivity index (χ4v) is 9.39. The van der Waals surface area contributed by atoms with E-state index in [4.69, 9.17) is 14.7 Å². The Hall–Kier alpha value is -4.45. The minimum atomic E-state index is -0.467. The van der Waals surface area contributed by atoms with E-state index in [1.807, 2.05) is 55.0 Å². The molecule has 3 aliphatic carbocycles. The highest BCUT2D eigenvalue weighted by molar-refractivity contribution is 6.14. The molecular weight excluding hydrogens is 618 g/mol. The molecule has 1 spiro atoms. The number of fused-ring (bicyclic) bond motifs is 1. The van der Waals surface area contributed by atoms with Gasteiger partial charge in [0, 0.05) is 62.0 Å². The molecule has 12 heteroatoms. The largest absolute Gasteiger partial charge is 0.475 e. The number of aliphatic imine (C=N–C) groups is 1. The summed E-state index contributed by atoms with van der Waals surface area (Å²) in [6.07, 6.45) is 11.8. The maximum Gasteiger partial charge on any atom is 0.237 e. The highest BCUT2D eigenvalue weighted by Crippen LogP contribution is 2.76. The van der Waals surface area contributed by atoms with Crippen molar-refractivity contribution in [2.45, 2.75) is 70.4 Å². The van der Waals surface area contributed by atoms with Crippen molar-refractivity contribution in [2.75, 3.05) is 44.2 Å². The number of aryl methyl sites for hydroxylation is 1. The molecule has 7 heterocycles. The van der Waals surface area contributed by atoms with Crippen LogP contribution in [0.15, 0.2) is 53.4 Å². The van der Waals surface area contributed by atoms with Gasteiger partial charge in [-0.1, -0.05) is 17.7 Å². The summed E-state index contributed by atoms with van der Waals surface area (Å²) < 4.78 is 7.50. The van der Waals surface area contributed by atoms with Gasteiger partial charge in [0.05, 0.1) is 36.0 Å². The lowest BCUT2D eigenvalue weighted by atomic mass is 9.32. The number of nitrogens with zero attached hydrogens (tertiary/aromatic N) is 9. The third-order valence-corrected chi connectivity index (χ3v) is 11.9. The Morgan fingerprint density at radius 3 is 2.55 bits per heavy atom. The summed E-state index contributed by atoms with van der Waals surface area (Å²) in [5.74, 6) is 2.52. The van der Waals surface area contributed by atoms with Crippen LogP contribution in [-0.2, 0) is 28.6 Å². The van der Waals surface area contributed by atoms with Crippen LogP contribution in [0.4, 0.5) is 5.82 Å². The van der Waals surface area contributed by atoms with Crippen LogP contribution >= 0.6 is 0 Å². The molecule has 10 rings (SSSR count). The average Bonchev–Trinajstić information content (AvgIpc) is 3.84. The summed E-state index contributed by atoms with van der Waals surface area (Å²) >= 11 is 0. The number of hydrogen-bond donors (Lipinski definition) is 0. The van der Waals surface area contributed by atoms with Gasteiger partial charge in [0.1, 0.15) is 12.1 Å². The van der Waals surface area contributed by atoms with E-state index in [9.17, 15) is 9.59 Å². The van der Waals surface area contributed by atoms with Gasteiger partial charge in [0.15, 0.2) is 5.82 Å². The normalized spacial score (nSPS) is 28.9. The summed E-state index contributed by atoms with van der Waals surface area (Å²) in [7, 11) is 1.93. The van der Waals surface area contributed by atoms with Gasteiger partial charge in [-0.15, -0.1) is 0 Å². The van der Waals surface area contributed by atoms with E-state index in [-0.39, 0.29) is 23.3 Å². The van der Waals surface area contributed by atoms with Crippen molar-refractivity contribution < 1.29 is 14.3 Å². The Morgan fingerprint density at radius 2 is 1.84 bits per heavy atom. The van der Waals surface area contributed by atoms with E-state index in [0.717, 1.165) is 80.0 Å². The number of carbonyl (C=O) groups is 2. The Morgan fingerprint density at radius 1 is 1.00 bits per heavy atom. The Labute approximate surface area is 286 Å². The summed E-state index contributed by atoms with van der Waals surface area (Å²) in [5.41, 5.74) is 5.06. The molecule has 49 heavy (non-hydrogen) atoms. The van der Waals surface area contributed by atoms with Crippen LogP contribution < -0.4 is 9.64 Å². The fraction of sp³-hybridized carbons (Fsp3) is 0.541. The quantitative estimate of drug-likeness (QED) is 0.337. The first kappa shape index (κ1) is 30.6. The molecule has 254 valence electrons. The maximum atomic E-state index is 14.0. The maximum absolute atomic E-state index is 14.0. The van der Waals surface area contributed by atoms with Gasteiger partial charge in [0.25, 0.3) is 0 Å². The topological polar surface area (TPSA) is 122 Å². The van der Waals surface area contributed by atoms with Crippen LogP contribution in [0.3, 0.4) is 0 Å². The summed E-state index contributed by atoms with van der Waals surface area (Å²) in [5, 5.41) is 4.58. The molecule has 0 unspecified atom stereocenters. The molecule has 2 saturated heterocycles. The molecule has 0 N–H and O–H groups in total. The van der Waals surface area contributed by atoms with Crippen LogP contribution in [0.1, 0.15) is 75.0 Å². The number of carbonyl (C=O) groups excluding carboxylic acids is 2. The monoisotopic (exact) mass is 661 g/mol. The fourth-order valence-electron chi connectivity index (χ4n) is 9.39. The second-order valence-electron chi connectivity index (χ2n) is 15.5. The Bertz CT molecular complexity index is 1890. The predicted octanol–water partition coefficient (Wildman–Crippen LogP) is 3.45. The molecule has 2 bridgehead atoms. The van der Waals surface area contributed by atoms with Gasteiger partial charge in [-0.3, -0.25) is 29.1 Å². The molecule has 0 aromatic carbocycles. The molecule has 3 aromatic rings. The van der Waals surface area contributed by atoms with Crippen LogP contribution in [0.5, 0.6) is 5.88 Å². The van der Waals surface area contributed by atoms with E-state index in [2.05, 4.69) is 26.0 Å². The van der Waals surface area contributed by atoms with E-state index >= 15 is 0 Å². The van der Waals surface area contributed by atoms with Crippen LogP contribution in [-0.4, -0.2) is 97.4 Å². The van der Waals surface area contributed by atoms with E-state index < -0.39 is 5.41 Å². The van der Waals surface area contributed by atoms with Crippen molar-refractivity contribution in [1.82, 2.24) is 34.5 Å². The van der Waals surface area contributed by atoms with E-state index in [0.29, 0.717) is 49.8 Å². The second kappa shape index (κ2) is 11.0. The minimum absolute atomic E-state index is 0.0503. The first-order valence-corrected chi connectivity index (χ1v) is 17.7. The molecule has 5 fully saturated rings. The van der Waals surface area contributed by atoms with Crippen LogP contribution in [0.25, 0.3) is 0 Å². The van der Waals surface area contributed by atoms with Crippen molar-refractivity contribution in [3.63, 3.8) is 0 Å². The highest BCUT2D eigenvalue weighted by Gasteiger charge is 2.71. The number of hydrogen-bond acceptors (Lipinski definition) is 9. The molecule has 4 aliphatic heterocycles. The van der Waals surface area contributed by atoms with Crippen LogP contribution in [0.2, 0.25) is 0 Å². The van der Waals surface area contributed by atoms with Gasteiger partial charge in [0.2, 0.25) is 17.7 Å². The number of anilines is 1. The summed E-state index contributed by atoms with van der Waals surface area (Å²) in [6, 6.07) is 7.81. The van der Waals surface area contributed by atoms with Crippen molar-refractivity contribution in [2.24, 2.45) is 22.9 Å². The van der Waals surface area contributed by atoms with Crippen molar-refractivity contribution >= 4 is 23.3 Å². The SMILES string of the molecule is CC(C)Oc1ccc(C2=NCc3ccc(N4CC[C@]5(CCN(CC(=O)N6CC=C(C78CC(c9ncn(C)n9)(C7)C8)CC6)C5)C4=O)nc32)cn1. The van der Waals surface area contributed by atoms with Crippen molar-refractivity contribution in [3.8, 4) is 5.88 Å². The third-order valence-electron chi connectivity index (χ3n) is 11.9. The lowest BCUT2D eigenvalue weighted by Gasteiger charge is -2.71. The van der Waals surface area contributed by atoms with Gasteiger partial charge in [-0.25, -0.2) is 15.0 Å². The Balaban J connectivity index is 0.807. The van der Waals surface area contributed by atoms with E-state index in [1.165, 1.54) is 5.57 Å². The Kier molecular flexibility index (Phi) is 6.89. The van der Waals surface area contributed by atoms with Gasteiger partial charge >= 0.3 is 0 Å². The van der Waals surface area contributed by atoms with Crippen molar-refractivity contribution in [3.05, 3.63) is 71.1 Å². The first-order chi connectivity index (χ1) is 23.6. The highest BCUT2D eigenvalue weighted by atomic mass is 16.5. The number of pyridine rings is 2. The van der Waals surface area contributed by atoms with E-state index in [1.54, 1.807) is 17.2 Å². The predicted molar refractivity (Wildman–Crippen MR) is 182 cm³/mol. The standard InChI is InChI=1S/C37H43N9O3/c1-24(2)49-29-7-5-25(16-38-29)31-32-26(17-39-31)4-6-28(41-32)46-15-11-35(34(46)48)10-14-44(22-35)18-30(47)45-12-8-27(9-13-45)36-19-37(20-36,21-36)33-40-23-43(3)42-33/h4-8,16,23-24H,9-15,17-22H2,1-3H3/t35-,36?,37?/m0/s1. The van der Waals surface area contributed by atoms with Gasteiger partial charge < -0.3 is 9.64 Å². The molecule has 2 amide bonds. The van der Waals surface area contributed by atoms with Gasteiger partial charge in [-0.2, -0.15) is 5.10 Å². The lowest BCUT2D eigenvalue weighted by Crippen LogP contribution is -2.66. The number of ether oxygens (including phenoxy) is 1. The molecule has 3 saturated carbocycles. The molecule has 3 aromatic heterocycles. The molecular formula is C37H43N9O3. The van der Waals surface area contributed by atoms with Crippen molar-refractivity contribution in [1.29, 1.82) is 0 Å². The smallest absolute Gasteiger partial charge is 0.237 e. The number of rotatable bonds is 8. The van der Waals surface area contributed by atoms with Crippen LogP contribution in [0, 0.1) is 10.8 Å². The number of aromatic nitrogens is 5. The third kappa shape index (κ3) is 4.93. The zero-order valence-corrected chi connectivity index (χ0v) is 28.6. The number of likely N-dealkylation sites (tertiary alicyclic amines) is 1. The molecule has 0 radical (unpaired) electrons. The first-order valence-electron chi connectivity index (χ1n) is 17.7.